The molecule has 37 heavy (non-hydrogen) atoms. The normalized spacial score (nSPS) is 34.2. The summed E-state index contributed by atoms with van der Waals surface area (Å²) in [6, 6.07) is 0. The summed E-state index contributed by atoms with van der Waals surface area (Å²) in [5.74, 6) is -0.442. The second-order valence-corrected chi connectivity index (χ2v) is 12.3. The van der Waals surface area contributed by atoms with E-state index in [0.29, 0.717) is 0 Å². The highest BCUT2D eigenvalue weighted by Crippen LogP contribution is 2.53. The molecule has 2 aromatic heterocycles. The van der Waals surface area contributed by atoms with Crippen LogP contribution in [0.1, 0.15) is 49.2 Å². The van der Waals surface area contributed by atoms with Gasteiger partial charge in [-0.15, -0.1) is 16.4 Å². The molecular weight excluding hydrogens is 506 g/mol. The second-order valence-electron chi connectivity index (χ2n) is 10.8. The maximum atomic E-state index is 5.04. The zero-order valence-corrected chi connectivity index (χ0v) is 23.2. The predicted octanol–water partition coefficient (Wildman–Crippen LogP) is 0.994. The summed E-state index contributed by atoms with van der Waals surface area (Å²) >= 11 is 3.22. The molecule has 0 aliphatic carbocycles. The molecule has 2 atom stereocenters. The van der Waals surface area contributed by atoms with E-state index < -0.39 is 11.4 Å². The van der Waals surface area contributed by atoms with Crippen LogP contribution in [-0.4, -0.2) is 122 Å². The number of nitrogens with one attached hydrogen (secondary N) is 2. The fourth-order valence-electron chi connectivity index (χ4n) is 7.24. The first-order valence-corrected chi connectivity index (χ1v) is 15.8. The van der Waals surface area contributed by atoms with Crippen LogP contribution in [0.4, 0.5) is 0 Å². The topological polar surface area (TPSA) is 82.2 Å². The SMILES string of the molecule is c1csc(C2(c3csnn3)CN(N3CCCN3)C(N3CCCC3)(N3CCNCC3)N2N2CCCCC2)n1. The van der Waals surface area contributed by atoms with Gasteiger partial charge in [-0.3, -0.25) is 9.80 Å². The van der Waals surface area contributed by atoms with Crippen LogP contribution >= 0.6 is 22.9 Å². The van der Waals surface area contributed by atoms with Gasteiger partial charge in [0.25, 0.3) is 0 Å². The molecule has 7 rings (SSSR count). The number of thiazole rings is 1. The fraction of sp³-hybridized carbons (Fsp3) is 0.792. The number of nitrogens with zero attached hydrogens (tertiary/aromatic N) is 9. The Bertz CT molecular complexity index is 962. The van der Waals surface area contributed by atoms with Crippen molar-refractivity contribution in [2.75, 3.05) is 72.0 Å². The van der Waals surface area contributed by atoms with Gasteiger partial charge in [0.2, 0.25) is 5.91 Å². The van der Waals surface area contributed by atoms with E-state index in [0.717, 1.165) is 89.1 Å². The maximum Gasteiger partial charge on any atom is 0.220 e. The second kappa shape index (κ2) is 10.5. The van der Waals surface area contributed by atoms with Crippen LogP contribution in [-0.2, 0) is 5.54 Å². The molecule has 2 N–H and O–H groups in total. The van der Waals surface area contributed by atoms with Crippen LogP contribution in [0.25, 0.3) is 0 Å². The molecule has 7 heterocycles. The fourth-order valence-corrected chi connectivity index (χ4v) is 8.59. The molecule has 2 unspecified atom stereocenters. The molecule has 13 heteroatoms. The number of hydrogen-bond acceptors (Lipinski definition) is 13. The van der Waals surface area contributed by atoms with Crippen molar-refractivity contribution in [3.05, 3.63) is 27.7 Å². The number of rotatable bonds is 6. The van der Waals surface area contributed by atoms with Crippen LogP contribution in [0.15, 0.2) is 17.0 Å². The number of hydrogen-bond donors (Lipinski definition) is 2. The van der Waals surface area contributed by atoms with E-state index >= 15 is 0 Å². The Morgan fingerprint density at radius 3 is 2.30 bits per heavy atom. The van der Waals surface area contributed by atoms with Gasteiger partial charge in [0.15, 0.2) is 5.54 Å². The lowest BCUT2D eigenvalue weighted by Crippen LogP contribution is -2.81. The van der Waals surface area contributed by atoms with Crippen molar-refractivity contribution in [2.24, 2.45) is 0 Å². The van der Waals surface area contributed by atoms with Crippen molar-refractivity contribution in [1.29, 1.82) is 0 Å². The van der Waals surface area contributed by atoms with Crippen LogP contribution in [0.3, 0.4) is 0 Å². The van der Waals surface area contributed by atoms with Gasteiger partial charge in [-0.2, -0.15) is 15.1 Å². The van der Waals surface area contributed by atoms with E-state index in [-0.39, 0.29) is 0 Å². The average molecular weight is 546 g/mol. The highest BCUT2D eigenvalue weighted by atomic mass is 32.1. The van der Waals surface area contributed by atoms with Gasteiger partial charge in [0, 0.05) is 82.4 Å². The van der Waals surface area contributed by atoms with Gasteiger partial charge >= 0.3 is 0 Å². The molecule has 0 saturated carbocycles. The Balaban J connectivity index is 1.50. The summed E-state index contributed by atoms with van der Waals surface area (Å²) in [5, 5.41) is 24.4. The first-order chi connectivity index (χ1) is 18.3. The maximum absolute atomic E-state index is 5.04. The van der Waals surface area contributed by atoms with Crippen molar-refractivity contribution >= 4 is 22.9 Å². The lowest BCUT2D eigenvalue weighted by Gasteiger charge is -2.60. The summed E-state index contributed by atoms with van der Waals surface area (Å²) in [6.07, 6.45) is 9.35. The van der Waals surface area contributed by atoms with Crippen molar-refractivity contribution in [2.45, 2.75) is 50.0 Å². The van der Waals surface area contributed by atoms with Crippen molar-refractivity contribution < 1.29 is 0 Å². The zero-order valence-electron chi connectivity index (χ0n) is 21.6. The highest BCUT2D eigenvalue weighted by molar-refractivity contribution is 7.09. The van der Waals surface area contributed by atoms with Crippen molar-refractivity contribution in [1.82, 2.24) is 55.3 Å². The Morgan fingerprint density at radius 2 is 1.62 bits per heavy atom. The first kappa shape index (κ1) is 24.9. The van der Waals surface area contributed by atoms with Gasteiger partial charge in [-0.25, -0.2) is 15.4 Å². The van der Waals surface area contributed by atoms with E-state index in [1.54, 1.807) is 11.3 Å². The largest absolute Gasteiger partial charge is 0.314 e. The van der Waals surface area contributed by atoms with E-state index in [1.165, 1.54) is 43.6 Å². The molecule has 5 aliphatic rings. The van der Waals surface area contributed by atoms with Crippen molar-refractivity contribution in [3.63, 3.8) is 0 Å². The third-order valence-electron chi connectivity index (χ3n) is 8.76. The number of piperazine rings is 1. The molecule has 5 saturated heterocycles. The summed E-state index contributed by atoms with van der Waals surface area (Å²) in [4.78, 5) is 10.6. The molecule has 5 fully saturated rings. The first-order valence-electron chi connectivity index (χ1n) is 14.1. The minimum absolute atomic E-state index is 0.442. The smallest absolute Gasteiger partial charge is 0.220 e. The predicted molar refractivity (Wildman–Crippen MR) is 144 cm³/mol. The molecule has 0 spiro atoms. The lowest BCUT2D eigenvalue weighted by molar-refractivity contribution is -0.337. The minimum atomic E-state index is -0.518. The van der Waals surface area contributed by atoms with E-state index in [2.05, 4.69) is 55.9 Å². The van der Waals surface area contributed by atoms with Crippen LogP contribution in [0.5, 0.6) is 0 Å². The number of hydrazine groups is 3. The quantitative estimate of drug-likeness (QED) is 0.546. The van der Waals surface area contributed by atoms with Crippen LogP contribution in [0.2, 0.25) is 0 Å². The Hall–Kier alpha value is -1.13. The van der Waals surface area contributed by atoms with Gasteiger partial charge in [0.1, 0.15) is 10.7 Å². The Morgan fingerprint density at radius 1 is 0.838 bits per heavy atom. The van der Waals surface area contributed by atoms with E-state index in [1.807, 2.05) is 6.20 Å². The molecule has 0 aromatic carbocycles. The number of likely N-dealkylation sites (tertiary alicyclic amines) is 1. The average Bonchev–Trinajstić information content (AvgIpc) is 3.78. The van der Waals surface area contributed by atoms with Gasteiger partial charge in [0.05, 0.1) is 6.54 Å². The van der Waals surface area contributed by atoms with E-state index in [9.17, 15) is 0 Å². The monoisotopic (exact) mass is 545 g/mol. The van der Waals surface area contributed by atoms with Gasteiger partial charge < -0.3 is 5.32 Å². The number of aromatic nitrogens is 3. The summed E-state index contributed by atoms with van der Waals surface area (Å²) < 4.78 is 4.42. The summed E-state index contributed by atoms with van der Waals surface area (Å²) in [6.45, 7) is 11.2. The van der Waals surface area contributed by atoms with E-state index in [4.69, 9.17) is 10.1 Å². The molecule has 0 amide bonds. The molecule has 5 aliphatic heterocycles. The third-order valence-corrected chi connectivity index (χ3v) is 10.2. The van der Waals surface area contributed by atoms with Crippen LogP contribution in [0, 0.1) is 0 Å². The zero-order chi connectivity index (χ0) is 24.7. The molecule has 0 bridgehead atoms. The number of piperidine rings is 1. The van der Waals surface area contributed by atoms with Gasteiger partial charge in [-0.05, 0) is 43.6 Å². The lowest BCUT2D eigenvalue weighted by atomic mass is 9.96. The van der Waals surface area contributed by atoms with Crippen molar-refractivity contribution in [3.8, 4) is 0 Å². The molecule has 11 nitrogen and oxygen atoms in total. The van der Waals surface area contributed by atoms with Gasteiger partial charge in [-0.1, -0.05) is 10.9 Å². The Labute approximate surface area is 227 Å². The molecule has 202 valence electrons. The molecule has 0 radical (unpaired) electrons. The standard InChI is InChI=1S/C24H39N11S2/c1-2-13-32(14-3-1)35-23(21-19-37-29-28-21,22-26-10-18-36-22)20-33(34-15-6-7-27-34)24(35,30-11-4-5-12-30)31-16-8-25-9-17-31/h10,18-19,25,27H,1-9,11-17,20H2. The molecular formula is C24H39N11S2. The Kier molecular flexibility index (Phi) is 7.03. The molecule has 2 aromatic rings. The third kappa shape index (κ3) is 3.93. The minimum Gasteiger partial charge on any atom is -0.314 e. The van der Waals surface area contributed by atoms with Crippen LogP contribution < -0.4 is 10.7 Å². The summed E-state index contributed by atoms with van der Waals surface area (Å²) in [5.41, 5.74) is 4.27. The summed E-state index contributed by atoms with van der Waals surface area (Å²) in [7, 11) is 0. The highest BCUT2D eigenvalue weighted by Gasteiger charge is 2.71.